The van der Waals surface area contributed by atoms with Gasteiger partial charge in [-0.15, -0.1) is 0 Å². The maximum Gasteiger partial charge on any atom is 0.255 e. The minimum atomic E-state index is -3.74. The van der Waals surface area contributed by atoms with Gasteiger partial charge in [-0.3, -0.25) is 13.9 Å². The van der Waals surface area contributed by atoms with Crippen LogP contribution in [0.3, 0.4) is 0 Å². The molecule has 220 valence electrons. The van der Waals surface area contributed by atoms with Crippen molar-refractivity contribution in [2.45, 2.75) is 6.92 Å². The first kappa shape index (κ1) is 27.5. The number of carbonyl (C=O) groups is 1. The van der Waals surface area contributed by atoms with E-state index in [0.717, 1.165) is 0 Å². The number of hydrogen-bond acceptors (Lipinski definition) is 6. The molecule has 7 aromatic rings. The predicted molar refractivity (Wildman–Crippen MR) is 165 cm³/mol. The Morgan fingerprint density at radius 1 is 0.932 bits per heavy atom. The molecule has 3 aromatic carbocycles. The zero-order valence-electron chi connectivity index (χ0n) is 23.4. The summed E-state index contributed by atoms with van der Waals surface area (Å²) in [6.07, 6.45) is 3.14. The Labute approximate surface area is 249 Å². The van der Waals surface area contributed by atoms with Gasteiger partial charge in [-0.05, 0) is 61.5 Å². The van der Waals surface area contributed by atoms with Crippen molar-refractivity contribution in [3.05, 3.63) is 96.5 Å². The van der Waals surface area contributed by atoms with E-state index in [1.54, 1.807) is 47.3 Å². The Hall–Kier alpha value is -5.36. The predicted octanol–water partition coefficient (Wildman–Crippen LogP) is 6.52. The summed E-state index contributed by atoms with van der Waals surface area (Å²) in [4.78, 5) is 22.2. The van der Waals surface area contributed by atoms with Crippen LogP contribution in [-0.2, 0) is 10.0 Å². The number of pyridine rings is 1. The largest absolute Gasteiger partial charge is 0.455 e. The van der Waals surface area contributed by atoms with E-state index in [-0.39, 0.29) is 34.2 Å². The third kappa shape index (κ3) is 4.42. The fourth-order valence-electron chi connectivity index (χ4n) is 5.42. The van der Waals surface area contributed by atoms with Crippen molar-refractivity contribution in [3.63, 3.8) is 0 Å². The number of amides is 1. The van der Waals surface area contributed by atoms with Crippen LogP contribution in [0.2, 0.25) is 0 Å². The van der Waals surface area contributed by atoms with Crippen molar-refractivity contribution in [3.8, 4) is 22.5 Å². The Balaban J connectivity index is 1.52. The molecule has 0 bridgehead atoms. The Morgan fingerprint density at radius 3 is 2.48 bits per heavy atom. The zero-order valence-corrected chi connectivity index (χ0v) is 24.2. The van der Waals surface area contributed by atoms with E-state index in [1.807, 2.05) is 0 Å². The first-order chi connectivity index (χ1) is 21.2. The summed E-state index contributed by atoms with van der Waals surface area (Å²) in [5, 5.41) is 4.06. The van der Waals surface area contributed by atoms with E-state index in [2.05, 4.69) is 20.0 Å². The minimum absolute atomic E-state index is 0.185. The third-order valence-electron chi connectivity index (χ3n) is 7.61. The molecule has 0 fully saturated rings. The van der Waals surface area contributed by atoms with Crippen LogP contribution in [0.1, 0.15) is 17.3 Å². The van der Waals surface area contributed by atoms with Crippen molar-refractivity contribution in [2.75, 3.05) is 17.5 Å². The molecule has 0 unspecified atom stereocenters. The Kier molecular flexibility index (Phi) is 6.32. The molecule has 0 saturated carbocycles. The number of rotatable bonds is 6. The highest BCUT2D eigenvalue weighted by Crippen LogP contribution is 2.41. The maximum atomic E-state index is 14.7. The summed E-state index contributed by atoms with van der Waals surface area (Å²) in [6.45, 7) is 1.51. The van der Waals surface area contributed by atoms with Gasteiger partial charge in [0.2, 0.25) is 10.0 Å². The molecule has 0 saturated heterocycles. The first-order valence-corrected chi connectivity index (χ1v) is 15.3. The lowest BCUT2D eigenvalue weighted by atomic mass is 9.99. The van der Waals surface area contributed by atoms with Gasteiger partial charge < -0.3 is 9.73 Å². The van der Waals surface area contributed by atoms with Gasteiger partial charge >= 0.3 is 0 Å². The summed E-state index contributed by atoms with van der Waals surface area (Å²) in [5.74, 6) is -1.25. The fraction of sp³-hybridized carbons (Fsp3) is 0.0938. The van der Waals surface area contributed by atoms with Crippen molar-refractivity contribution < 1.29 is 26.4 Å². The van der Waals surface area contributed by atoms with E-state index in [1.165, 1.54) is 50.4 Å². The Morgan fingerprint density at radius 2 is 1.73 bits per heavy atom. The molecule has 12 heteroatoms. The quantitative estimate of drug-likeness (QED) is 0.221. The standard InChI is InChI=1S/C32H23F2N5O4S/c1-3-44(41,42)38-25-14-28-23(29(32(40)35-2)30(43-28)17-7-9-19(33)10-8-17)12-20(25)18-11-22-27-13-21-24(34)5-4-6-26(21)39(27)16-37-31(22)36-15-18/h4-16,38H,3H2,1-2H3,(H,35,40). The summed E-state index contributed by atoms with van der Waals surface area (Å²) >= 11 is 0. The molecule has 4 aromatic heterocycles. The third-order valence-corrected chi connectivity index (χ3v) is 8.90. The van der Waals surface area contributed by atoms with Gasteiger partial charge in [0.25, 0.3) is 5.91 Å². The number of nitrogens with one attached hydrogen (secondary N) is 2. The van der Waals surface area contributed by atoms with Gasteiger partial charge in [-0.1, -0.05) is 6.07 Å². The molecule has 0 aliphatic heterocycles. The van der Waals surface area contributed by atoms with Crippen LogP contribution >= 0.6 is 0 Å². The number of carbonyl (C=O) groups excluding carboxylic acids is 1. The summed E-state index contributed by atoms with van der Waals surface area (Å²) < 4.78 is 64.4. The molecule has 0 aliphatic rings. The Bertz CT molecular complexity index is 2400. The lowest BCUT2D eigenvalue weighted by molar-refractivity contribution is 0.0964. The molecule has 0 radical (unpaired) electrons. The van der Waals surface area contributed by atoms with Crippen LogP contribution in [0, 0.1) is 11.6 Å². The highest BCUT2D eigenvalue weighted by atomic mass is 32.2. The number of furan rings is 1. The SMILES string of the molecule is CCS(=O)(=O)Nc1cc2oc(-c3ccc(F)cc3)c(C(=O)NC)c2cc1-c1cnc2ncn3c4cccc(F)c4cc3c2c1. The second kappa shape index (κ2) is 10.1. The highest BCUT2D eigenvalue weighted by molar-refractivity contribution is 7.92. The molecule has 7 rings (SSSR count). The number of hydrogen-bond donors (Lipinski definition) is 2. The van der Waals surface area contributed by atoms with Crippen LogP contribution < -0.4 is 10.0 Å². The van der Waals surface area contributed by atoms with Crippen molar-refractivity contribution >= 4 is 60.0 Å². The minimum Gasteiger partial charge on any atom is -0.455 e. The molecule has 0 aliphatic carbocycles. The average molecular weight is 612 g/mol. The number of sulfonamides is 1. The molecule has 9 nitrogen and oxygen atoms in total. The van der Waals surface area contributed by atoms with Crippen LogP contribution in [0.25, 0.3) is 60.9 Å². The number of halogens is 2. The molecule has 0 spiro atoms. The van der Waals surface area contributed by atoms with Gasteiger partial charge in [0.1, 0.15) is 29.3 Å². The van der Waals surface area contributed by atoms with Crippen LogP contribution in [0.15, 0.2) is 83.7 Å². The molecule has 4 heterocycles. The number of benzene rings is 3. The van der Waals surface area contributed by atoms with Crippen LogP contribution in [-0.4, -0.2) is 41.5 Å². The summed E-state index contributed by atoms with van der Waals surface area (Å²) in [5.41, 5.74) is 3.76. The van der Waals surface area contributed by atoms with E-state index in [0.29, 0.717) is 49.5 Å². The number of fused-ring (bicyclic) bond motifs is 6. The number of aromatic nitrogens is 3. The number of anilines is 1. The van der Waals surface area contributed by atoms with Crippen molar-refractivity contribution in [2.24, 2.45) is 0 Å². The normalized spacial score (nSPS) is 12.0. The molecular formula is C32H23F2N5O4S. The van der Waals surface area contributed by atoms with Gasteiger partial charge in [0.05, 0.1) is 28.0 Å². The first-order valence-electron chi connectivity index (χ1n) is 13.6. The van der Waals surface area contributed by atoms with Crippen molar-refractivity contribution in [1.82, 2.24) is 19.7 Å². The van der Waals surface area contributed by atoms with E-state index >= 15 is 0 Å². The van der Waals surface area contributed by atoms with Gasteiger partial charge in [-0.25, -0.2) is 27.2 Å². The molecular weight excluding hydrogens is 588 g/mol. The highest BCUT2D eigenvalue weighted by Gasteiger charge is 2.25. The second-order valence-corrected chi connectivity index (χ2v) is 12.2. The van der Waals surface area contributed by atoms with Crippen molar-refractivity contribution in [1.29, 1.82) is 0 Å². The van der Waals surface area contributed by atoms with Gasteiger partial charge in [0, 0.05) is 52.2 Å². The topological polar surface area (TPSA) is 119 Å². The van der Waals surface area contributed by atoms with E-state index < -0.39 is 21.7 Å². The average Bonchev–Trinajstić information content (AvgIpc) is 3.60. The van der Waals surface area contributed by atoms with Crippen LogP contribution in [0.4, 0.5) is 14.5 Å². The molecule has 1 amide bonds. The second-order valence-electron chi connectivity index (χ2n) is 10.2. The molecule has 0 atom stereocenters. The van der Waals surface area contributed by atoms with Crippen LogP contribution in [0.5, 0.6) is 0 Å². The lowest BCUT2D eigenvalue weighted by Crippen LogP contribution is -2.18. The molecule has 44 heavy (non-hydrogen) atoms. The molecule has 2 N–H and O–H groups in total. The zero-order chi connectivity index (χ0) is 30.7. The van der Waals surface area contributed by atoms with Gasteiger partial charge in [0.15, 0.2) is 5.65 Å². The van der Waals surface area contributed by atoms with Gasteiger partial charge in [-0.2, -0.15) is 0 Å². The maximum absolute atomic E-state index is 14.7. The van der Waals surface area contributed by atoms with E-state index in [4.69, 9.17) is 4.42 Å². The fourth-order valence-corrected chi connectivity index (χ4v) is 6.06. The number of nitrogens with zero attached hydrogens (tertiary/aromatic N) is 3. The monoisotopic (exact) mass is 611 g/mol. The lowest BCUT2D eigenvalue weighted by Gasteiger charge is -2.13. The van der Waals surface area contributed by atoms with E-state index in [9.17, 15) is 22.0 Å². The summed E-state index contributed by atoms with van der Waals surface area (Å²) in [7, 11) is -2.26. The summed E-state index contributed by atoms with van der Waals surface area (Å²) in [6, 6.07) is 17.0. The smallest absolute Gasteiger partial charge is 0.255 e.